The van der Waals surface area contributed by atoms with Gasteiger partial charge in [-0.1, -0.05) is 11.6 Å². The highest BCUT2D eigenvalue weighted by Gasteiger charge is 2.15. The van der Waals surface area contributed by atoms with Crippen LogP contribution in [0.4, 0.5) is 0 Å². The molecule has 1 unspecified atom stereocenters. The summed E-state index contributed by atoms with van der Waals surface area (Å²) in [7, 11) is 1.72. The number of nitrogens with two attached hydrogens (primary N) is 1. The molecule has 0 aliphatic rings. The molecule has 1 aromatic rings. The van der Waals surface area contributed by atoms with E-state index >= 15 is 0 Å². The molecule has 0 spiro atoms. The summed E-state index contributed by atoms with van der Waals surface area (Å²) in [5.41, 5.74) is 6.42. The minimum absolute atomic E-state index is 0.00329. The van der Waals surface area contributed by atoms with Crippen molar-refractivity contribution in [1.29, 1.82) is 0 Å². The topological polar surface area (TPSA) is 55.6 Å². The van der Waals surface area contributed by atoms with Gasteiger partial charge in [-0.3, -0.25) is 4.79 Å². The number of carbonyl (C=O) groups excluding carboxylic acids is 1. The van der Waals surface area contributed by atoms with Crippen molar-refractivity contribution in [3.8, 4) is 5.75 Å². The Balaban J connectivity index is 2.57. The number of hydrogen-bond donors (Lipinski definition) is 1. The number of amides is 1. The molecule has 0 aliphatic heterocycles. The zero-order chi connectivity index (χ0) is 13.7. The molecular weight excluding hydrogens is 252 g/mol. The lowest BCUT2D eigenvalue weighted by molar-refractivity contribution is -0.133. The predicted molar refractivity (Wildman–Crippen MR) is 73.0 cm³/mol. The highest BCUT2D eigenvalue weighted by atomic mass is 35.5. The number of benzene rings is 1. The SMILES string of the molecule is Cc1cc(Cl)ccc1OCC(=O)N(C)C(C)CN. The lowest BCUT2D eigenvalue weighted by Gasteiger charge is -2.23. The smallest absolute Gasteiger partial charge is 0.260 e. The molecule has 18 heavy (non-hydrogen) atoms. The van der Waals surface area contributed by atoms with Crippen LogP contribution in [0.2, 0.25) is 5.02 Å². The van der Waals surface area contributed by atoms with Crippen LogP contribution >= 0.6 is 11.6 Å². The van der Waals surface area contributed by atoms with Crippen LogP contribution in [-0.2, 0) is 4.79 Å². The maximum Gasteiger partial charge on any atom is 0.260 e. The van der Waals surface area contributed by atoms with Gasteiger partial charge in [0.2, 0.25) is 0 Å². The molecule has 2 N–H and O–H groups in total. The highest BCUT2D eigenvalue weighted by Crippen LogP contribution is 2.21. The molecule has 1 atom stereocenters. The molecule has 1 amide bonds. The van der Waals surface area contributed by atoms with Gasteiger partial charge in [0.05, 0.1) is 0 Å². The molecule has 5 heteroatoms. The first-order valence-electron chi connectivity index (χ1n) is 5.80. The summed E-state index contributed by atoms with van der Waals surface area (Å²) in [6.45, 7) is 4.22. The second-order valence-electron chi connectivity index (χ2n) is 4.29. The Hall–Kier alpha value is -1.26. The number of halogens is 1. The minimum Gasteiger partial charge on any atom is -0.483 e. The Morgan fingerprint density at radius 1 is 1.56 bits per heavy atom. The molecule has 0 fully saturated rings. The third-order valence-corrected chi connectivity index (χ3v) is 3.12. The number of nitrogens with zero attached hydrogens (tertiary/aromatic N) is 1. The van der Waals surface area contributed by atoms with E-state index in [0.717, 1.165) is 5.56 Å². The molecule has 0 bridgehead atoms. The van der Waals surface area contributed by atoms with Crippen LogP contribution < -0.4 is 10.5 Å². The molecular formula is C13H19ClN2O2. The molecule has 0 aromatic heterocycles. The quantitative estimate of drug-likeness (QED) is 0.888. The largest absolute Gasteiger partial charge is 0.483 e. The molecule has 1 rings (SSSR count). The third kappa shape index (κ3) is 3.89. The van der Waals surface area contributed by atoms with Gasteiger partial charge >= 0.3 is 0 Å². The van der Waals surface area contributed by atoms with Gasteiger partial charge < -0.3 is 15.4 Å². The number of rotatable bonds is 5. The fraction of sp³-hybridized carbons (Fsp3) is 0.462. The van der Waals surface area contributed by atoms with E-state index in [-0.39, 0.29) is 18.6 Å². The zero-order valence-corrected chi connectivity index (χ0v) is 11.7. The summed E-state index contributed by atoms with van der Waals surface area (Å²) in [5, 5.41) is 0.653. The van der Waals surface area contributed by atoms with E-state index in [2.05, 4.69) is 0 Å². The molecule has 1 aromatic carbocycles. The van der Waals surface area contributed by atoms with Crippen molar-refractivity contribution in [3.05, 3.63) is 28.8 Å². The van der Waals surface area contributed by atoms with E-state index in [0.29, 0.717) is 17.3 Å². The number of hydrogen-bond acceptors (Lipinski definition) is 3. The lowest BCUT2D eigenvalue weighted by atomic mass is 10.2. The van der Waals surface area contributed by atoms with Crippen molar-refractivity contribution in [2.24, 2.45) is 5.73 Å². The van der Waals surface area contributed by atoms with E-state index < -0.39 is 0 Å². The van der Waals surface area contributed by atoms with E-state index in [1.165, 1.54) is 0 Å². The van der Waals surface area contributed by atoms with Crippen molar-refractivity contribution in [2.75, 3.05) is 20.2 Å². The van der Waals surface area contributed by atoms with Crippen molar-refractivity contribution < 1.29 is 9.53 Å². The van der Waals surface area contributed by atoms with Crippen LogP contribution in [0.5, 0.6) is 5.75 Å². The first-order chi connectivity index (χ1) is 8.45. The molecule has 0 heterocycles. The fourth-order valence-corrected chi connectivity index (χ4v) is 1.65. The molecule has 0 radical (unpaired) electrons. The predicted octanol–water partition coefficient (Wildman–Crippen LogP) is 1.83. The minimum atomic E-state index is -0.0951. The van der Waals surface area contributed by atoms with Crippen LogP contribution in [0.3, 0.4) is 0 Å². The third-order valence-electron chi connectivity index (χ3n) is 2.88. The average Bonchev–Trinajstić information content (AvgIpc) is 2.35. The first kappa shape index (κ1) is 14.8. The molecule has 100 valence electrons. The van der Waals surface area contributed by atoms with Crippen molar-refractivity contribution >= 4 is 17.5 Å². The van der Waals surface area contributed by atoms with Gasteiger partial charge in [-0.25, -0.2) is 0 Å². The van der Waals surface area contributed by atoms with Crippen molar-refractivity contribution in [2.45, 2.75) is 19.9 Å². The Labute approximate surface area is 113 Å². The Morgan fingerprint density at radius 3 is 2.78 bits per heavy atom. The summed E-state index contributed by atoms with van der Waals surface area (Å²) < 4.78 is 5.48. The van der Waals surface area contributed by atoms with E-state index in [1.807, 2.05) is 13.8 Å². The molecule has 4 nitrogen and oxygen atoms in total. The van der Waals surface area contributed by atoms with Crippen LogP contribution in [0.25, 0.3) is 0 Å². The monoisotopic (exact) mass is 270 g/mol. The van der Waals surface area contributed by atoms with Crippen LogP contribution in [-0.4, -0.2) is 37.0 Å². The Bertz CT molecular complexity index is 423. The summed E-state index contributed by atoms with van der Waals surface area (Å²) in [5.74, 6) is 0.573. The maximum absolute atomic E-state index is 11.8. The average molecular weight is 271 g/mol. The second kappa shape index (κ2) is 6.61. The maximum atomic E-state index is 11.8. The number of likely N-dealkylation sites (N-methyl/N-ethyl adjacent to an activating group) is 1. The fourth-order valence-electron chi connectivity index (χ4n) is 1.42. The van der Waals surface area contributed by atoms with Gasteiger partial charge in [0.1, 0.15) is 5.75 Å². The van der Waals surface area contributed by atoms with Gasteiger partial charge in [-0.2, -0.15) is 0 Å². The second-order valence-corrected chi connectivity index (χ2v) is 4.72. The lowest BCUT2D eigenvalue weighted by Crippen LogP contribution is -2.42. The Morgan fingerprint density at radius 2 is 2.22 bits per heavy atom. The summed E-state index contributed by atoms with van der Waals surface area (Å²) in [6, 6.07) is 5.30. The van der Waals surface area contributed by atoms with E-state index in [4.69, 9.17) is 22.1 Å². The standard InChI is InChI=1S/C13H19ClN2O2/c1-9-6-11(14)4-5-12(9)18-8-13(17)16(3)10(2)7-15/h4-6,10H,7-8,15H2,1-3H3. The van der Waals surface area contributed by atoms with Crippen LogP contribution in [0, 0.1) is 6.92 Å². The van der Waals surface area contributed by atoms with Crippen LogP contribution in [0.1, 0.15) is 12.5 Å². The summed E-state index contributed by atoms with van der Waals surface area (Å²) in [6.07, 6.45) is 0. The van der Waals surface area contributed by atoms with Gasteiger partial charge in [0, 0.05) is 24.7 Å². The van der Waals surface area contributed by atoms with Gasteiger partial charge in [0.25, 0.3) is 5.91 Å². The number of aryl methyl sites for hydroxylation is 1. The first-order valence-corrected chi connectivity index (χ1v) is 6.18. The highest BCUT2D eigenvalue weighted by molar-refractivity contribution is 6.30. The van der Waals surface area contributed by atoms with Crippen molar-refractivity contribution in [3.63, 3.8) is 0 Å². The van der Waals surface area contributed by atoms with Gasteiger partial charge in [-0.15, -0.1) is 0 Å². The van der Waals surface area contributed by atoms with Gasteiger partial charge in [0.15, 0.2) is 6.61 Å². The Kier molecular flexibility index (Phi) is 5.44. The zero-order valence-electron chi connectivity index (χ0n) is 10.9. The number of carbonyl (C=O) groups is 1. The van der Waals surface area contributed by atoms with Gasteiger partial charge in [-0.05, 0) is 37.6 Å². The van der Waals surface area contributed by atoms with Crippen molar-refractivity contribution in [1.82, 2.24) is 4.90 Å². The molecule has 0 aliphatic carbocycles. The van der Waals surface area contributed by atoms with E-state index in [9.17, 15) is 4.79 Å². The summed E-state index contributed by atoms with van der Waals surface area (Å²) in [4.78, 5) is 13.4. The summed E-state index contributed by atoms with van der Waals surface area (Å²) >= 11 is 5.85. The number of ether oxygens (including phenoxy) is 1. The van der Waals surface area contributed by atoms with Crippen LogP contribution in [0.15, 0.2) is 18.2 Å². The van der Waals surface area contributed by atoms with E-state index in [1.54, 1.807) is 30.1 Å². The normalized spacial score (nSPS) is 12.1. The molecule has 0 saturated heterocycles. The molecule has 0 saturated carbocycles.